The topological polar surface area (TPSA) is 128 Å². The number of aromatic nitrogens is 4. The lowest BCUT2D eigenvalue weighted by molar-refractivity contribution is -0.0505. The van der Waals surface area contributed by atoms with E-state index in [4.69, 9.17) is 10.5 Å². The van der Waals surface area contributed by atoms with Gasteiger partial charge < -0.3 is 20.7 Å². The summed E-state index contributed by atoms with van der Waals surface area (Å²) >= 11 is 0. The van der Waals surface area contributed by atoms with Gasteiger partial charge in [0.15, 0.2) is 11.9 Å². The molecule has 3 heterocycles. The Hall–Kier alpha value is -2.82. The second-order valence-electron chi connectivity index (χ2n) is 6.44. The average Bonchev–Trinajstić information content (AvgIpc) is 3.12. The van der Waals surface area contributed by atoms with Crippen molar-refractivity contribution in [1.82, 2.24) is 19.1 Å². The van der Waals surface area contributed by atoms with Gasteiger partial charge in [-0.1, -0.05) is 12.1 Å². The lowest BCUT2D eigenvalue weighted by Crippen LogP contribution is -2.32. The van der Waals surface area contributed by atoms with Crippen molar-refractivity contribution in [3.63, 3.8) is 0 Å². The van der Waals surface area contributed by atoms with Gasteiger partial charge in [-0.05, 0) is 17.7 Å². The molecule has 3 atom stereocenters. The summed E-state index contributed by atoms with van der Waals surface area (Å²) in [7, 11) is 0. The molecule has 0 unspecified atom stereocenters. The molecule has 1 aromatic carbocycles. The molecule has 2 aromatic heterocycles. The maximum absolute atomic E-state index is 13.5. The Bertz CT molecular complexity index is 1050. The van der Waals surface area contributed by atoms with Gasteiger partial charge >= 0.3 is 5.69 Å². The number of imidazole rings is 1. The minimum atomic E-state index is -1.01. The zero-order valence-electron chi connectivity index (χ0n) is 14.2. The number of nitrogen functional groups attached to an aromatic ring is 1. The highest BCUT2D eigenvalue weighted by Gasteiger charge is 2.37. The van der Waals surface area contributed by atoms with Crippen LogP contribution in [0, 0.1) is 5.82 Å². The van der Waals surface area contributed by atoms with Crippen molar-refractivity contribution >= 4 is 17.1 Å². The molecule has 0 amide bonds. The Morgan fingerprint density at radius 3 is 2.93 bits per heavy atom. The van der Waals surface area contributed by atoms with Gasteiger partial charge in [-0.3, -0.25) is 4.57 Å². The molecule has 27 heavy (non-hydrogen) atoms. The van der Waals surface area contributed by atoms with Gasteiger partial charge in [-0.2, -0.15) is 4.98 Å². The zero-order valence-corrected chi connectivity index (χ0v) is 14.2. The number of benzene rings is 1. The van der Waals surface area contributed by atoms with E-state index in [-0.39, 0.29) is 31.2 Å². The van der Waals surface area contributed by atoms with Crippen LogP contribution in [0.4, 0.5) is 10.3 Å². The molecule has 1 fully saturated rings. The van der Waals surface area contributed by atoms with Crippen molar-refractivity contribution in [1.29, 1.82) is 0 Å². The van der Waals surface area contributed by atoms with Crippen molar-refractivity contribution in [2.24, 2.45) is 0 Å². The van der Waals surface area contributed by atoms with E-state index in [1.54, 1.807) is 12.1 Å². The molecular formula is C17H18FN5O4. The summed E-state index contributed by atoms with van der Waals surface area (Å²) in [6, 6.07) is 5.90. The van der Waals surface area contributed by atoms with Crippen LogP contribution in [0.3, 0.4) is 0 Å². The first-order chi connectivity index (χ1) is 13.0. The van der Waals surface area contributed by atoms with Crippen LogP contribution < -0.4 is 11.4 Å². The maximum Gasteiger partial charge on any atom is 0.332 e. The van der Waals surface area contributed by atoms with Crippen LogP contribution in [0.5, 0.6) is 0 Å². The molecule has 4 N–H and O–H groups in total. The number of fused-ring (bicyclic) bond motifs is 1. The fraction of sp³-hybridized carbons (Fsp3) is 0.353. The third kappa shape index (κ3) is 3.07. The van der Waals surface area contributed by atoms with Crippen LogP contribution in [0.2, 0.25) is 0 Å². The SMILES string of the molecule is Nc1ncc2c(n1)n([C@@H]1O[C@H](CO)C[C@H]1O)c(=O)n2Cc1cccc(F)c1. The van der Waals surface area contributed by atoms with Crippen molar-refractivity contribution in [2.75, 3.05) is 12.3 Å². The number of hydrogen-bond donors (Lipinski definition) is 3. The second-order valence-corrected chi connectivity index (χ2v) is 6.44. The molecular weight excluding hydrogens is 357 g/mol. The monoisotopic (exact) mass is 375 g/mol. The first-order valence-corrected chi connectivity index (χ1v) is 8.40. The number of rotatable bonds is 4. The lowest BCUT2D eigenvalue weighted by Gasteiger charge is -2.15. The van der Waals surface area contributed by atoms with Crippen molar-refractivity contribution in [2.45, 2.75) is 31.4 Å². The summed E-state index contributed by atoms with van der Waals surface area (Å²) in [6.45, 7) is -0.193. The summed E-state index contributed by atoms with van der Waals surface area (Å²) in [6.07, 6.45) is -1.01. The molecule has 1 aliphatic heterocycles. The van der Waals surface area contributed by atoms with Gasteiger partial charge in [-0.25, -0.2) is 18.7 Å². The van der Waals surface area contributed by atoms with E-state index in [1.807, 2.05) is 0 Å². The summed E-state index contributed by atoms with van der Waals surface area (Å²) in [5.74, 6) is -0.449. The van der Waals surface area contributed by atoms with Gasteiger partial charge in [0.1, 0.15) is 17.4 Å². The van der Waals surface area contributed by atoms with Gasteiger partial charge in [0.25, 0.3) is 0 Å². The first-order valence-electron chi connectivity index (χ1n) is 8.40. The highest BCUT2D eigenvalue weighted by molar-refractivity contribution is 5.72. The summed E-state index contributed by atoms with van der Waals surface area (Å²) in [5.41, 5.74) is 6.32. The van der Waals surface area contributed by atoms with E-state index >= 15 is 0 Å². The van der Waals surface area contributed by atoms with Gasteiger partial charge in [0, 0.05) is 6.42 Å². The normalized spacial score (nSPS) is 22.6. The minimum absolute atomic E-state index is 0.0367. The smallest absolute Gasteiger partial charge is 0.332 e. The molecule has 3 aromatic rings. The first kappa shape index (κ1) is 17.6. The molecule has 1 aliphatic rings. The predicted molar refractivity (Wildman–Crippen MR) is 93.3 cm³/mol. The number of aliphatic hydroxyl groups is 2. The van der Waals surface area contributed by atoms with E-state index in [9.17, 15) is 19.4 Å². The molecule has 1 saturated heterocycles. The quantitative estimate of drug-likeness (QED) is 0.586. The number of nitrogens with two attached hydrogens (primary N) is 1. The van der Waals surface area contributed by atoms with Crippen LogP contribution >= 0.6 is 0 Å². The standard InChI is InChI=1S/C17H18FN5O4/c18-10-3-1-2-9(4-10)7-22-12-6-20-16(19)21-14(12)23(17(22)26)15-13(25)5-11(8-24)27-15/h1-4,6,11,13,15,24-25H,5,7-8H2,(H2,19,20,21)/t11-,13+,15+/m0/s1. The highest BCUT2D eigenvalue weighted by Crippen LogP contribution is 2.30. The minimum Gasteiger partial charge on any atom is -0.394 e. The van der Waals surface area contributed by atoms with E-state index in [0.29, 0.717) is 11.1 Å². The molecule has 0 saturated carbocycles. The molecule has 9 nitrogen and oxygen atoms in total. The van der Waals surface area contributed by atoms with E-state index in [0.717, 1.165) is 0 Å². The van der Waals surface area contributed by atoms with Crippen molar-refractivity contribution in [3.8, 4) is 0 Å². The van der Waals surface area contributed by atoms with Crippen LogP contribution in [0.15, 0.2) is 35.3 Å². The summed E-state index contributed by atoms with van der Waals surface area (Å²) < 4.78 is 21.7. The largest absolute Gasteiger partial charge is 0.394 e. The molecule has 4 rings (SSSR count). The number of halogens is 1. The van der Waals surface area contributed by atoms with Crippen LogP contribution in [-0.4, -0.2) is 48.1 Å². The molecule has 0 spiro atoms. The number of nitrogens with zero attached hydrogens (tertiary/aromatic N) is 4. The number of ether oxygens (including phenoxy) is 1. The van der Waals surface area contributed by atoms with E-state index in [1.165, 1.54) is 27.5 Å². The number of aliphatic hydroxyl groups excluding tert-OH is 2. The Morgan fingerprint density at radius 1 is 1.41 bits per heavy atom. The Labute approximate surface area is 152 Å². The molecule has 0 radical (unpaired) electrons. The lowest BCUT2D eigenvalue weighted by atomic mass is 10.2. The zero-order chi connectivity index (χ0) is 19.1. The van der Waals surface area contributed by atoms with Crippen molar-refractivity contribution in [3.05, 3.63) is 52.3 Å². The Morgan fingerprint density at radius 2 is 2.22 bits per heavy atom. The molecule has 0 aliphatic carbocycles. The van der Waals surface area contributed by atoms with E-state index in [2.05, 4.69) is 9.97 Å². The number of hydrogen-bond acceptors (Lipinski definition) is 7. The van der Waals surface area contributed by atoms with Gasteiger partial charge in [-0.15, -0.1) is 0 Å². The molecule has 0 bridgehead atoms. The van der Waals surface area contributed by atoms with Gasteiger partial charge in [0.2, 0.25) is 5.95 Å². The second kappa shape index (κ2) is 6.72. The Balaban J connectivity index is 1.86. The Kier molecular flexibility index (Phi) is 4.38. The third-order valence-electron chi connectivity index (χ3n) is 4.58. The van der Waals surface area contributed by atoms with Crippen LogP contribution in [-0.2, 0) is 11.3 Å². The fourth-order valence-electron chi connectivity index (χ4n) is 3.35. The van der Waals surface area contributed by atoms with Gasteiger partial charge in [0.05, 0.1) is 25.5 Å². The summed E-state index contributed by atoms with van der Waals surface area (Å²) in [4.78, 5) is 21.1. The third-order valence-corrected chi connectivity index (χ3v) is 4.58. The van der Waals surface area contributed by atoms with Crippen molar-refractivity contribution < 1.29 is 19.3 Å². The number of anilines is 1. The highest BCUT2D eigenvalue weighted by atomic mass is 19.1. The fourth-order valence-corrected chi connectivity index (χ4v) is 3.35. The molecule has 10 heteroatoms. The van der Waals surface area contributed by atoms with Crippen LogP contribution in [0.25, 0.3) is 11.2 Å². The predicted octanol–water partition coefficient (Wildman–Crippen LogP) is 0.00330. The van der Waals surface area contributed by atoms with E-state index < -0.39 is 29.9 Å². The maximum atomic E-state index is 13.5. The average molecular weight is 375 g/mol. The summed E-state index contributed by atoms with van der Waals surface area (Å²) in [5, 5.41) is 19.6. The molecule has 142 valence electrons. The van der Waals surface area contributed by atoms with Crippen LogP contribution in [0.1, 0.15) is 18.2 Å².